The van der Waals surface area contributed by atoms with Gasteiger partial charge in [-0.3, -0.25) is 9.89 Å². The Morgan fingerprint density at radius 1 is 1.13 bits per heavy atom. The van der Waals surface area contributed by atoms with Gasteiger partial charge < -0.3 is 15.8 Å². The highest BCUT2D eigenvalue weighted by Crippen LogP contribution is 2.33. The van der Waals surface area contributed by atoms with Crippen LogP contribution in [0.2, 0.25) is 0 Å². The highest BCUT2D eigenvalue weighted by Gasteiger charge is 2.25. The minimum atomic E-state index is -0.562. The summed E-state index contributed by atoms with van der Waals surface area (Å²) in [6.07, 6.45) is 3.95. The first kappa shape index (κ1) is 19.3. The maximum Gasteiger partial charge on any atom is 0.269 e. The van der Waals surface area contributed by atoms with E-state index in [1.165, 1.54) is 6.07 Å². The van der Waals surface area contributed by atoms with Crippen LogP contribution in [0.15, 0.2) is 54.7 Å². The second-order valence-electron chi connectivity index (χ2n) is 7.64. The van der Waals surface area contributed by atoms with Crippen LogP contribution in [0.25, 0.3) is 16.9 Å². The average Bonchev–Trinajstić information content (AvgIpc) is 3.36. The Balaban J connectivity index is 1.50. The summed E-state index contributed by atoms with van der Waals surface area (Å²) in [4.78, 5) is 17.0. The number of ether oxygens (including phenoxy) is 1. The highest BCUT2D eigenvalue weighted by atomic mass is 19.1. The van der Waals surface area contributed by atoms with E-state index in [0.29, 0.717) is 23.1 Å². The third kappa shape index (κ3) is 3.55. The number of imidazole rings is 1. The number of aromatic nitrogens is 3. The number of para-hydroxylation sites is 1. The van der Waals surface area contributed by atoms with Crippen LogP contribution >= 0.6 is 0 Å². The number of H-pyrrole nitrogens is 1. The van der Waals surface area contributed by atoms with Crippen LogP contribution in [0.3, 0.4) is 0 Å². The van der Waals surface area contributed by atoms with Crippen LogP contribution in [-0.4, -0.2) is 33.6 Å². The molecule has 0 radical (unpaired) electrons. The second-order valence-corrected chi connectivity index (χ2v) is 7.64. The molecular weight excluding hydrogens is 397 g/mol. The van der Waals surface area contributed by atoms with Crippen LogP contribution < -0.4 is 15.8 Å². The molecule has 1 fully saturated rings. The third-order valence-corrected chi connectivity index (χ3v) is 5.69. The van der Waals surface area contributed by atoms with E-state index in [9.17, 15) is 9.18 Å². The lowest BCUT2D eigenvalue weighted by Crippen LogP contribution is -2.26. The fourth-order valence-corrected chi connectivity index (χ4v) is 4.14. The van der Waals surface area contributed by atoms with Crippen molar-refractivity contribution in [3.63, 3.8) is 0 Å². The van der Waals surface area contributed by atoms with Crippen LogP contribution in [0.4, 0.5) is 4.39 Å². The van der Waals surface area contributed by atoms with E-state index in [2.05, 4.69) is 10.4 Å². The Hall–Kier alpha value is -3.65. The van der Waals surface area contributed by atoms with Gasteiger partial charge in [-0.2, -0.15) is 0 Å². The van der Waals surface area contributed by atoms with Crippen molar-refractivity contribution in [1.29, 1.82) is 0 Å². The number of piperidine rings is 1. The van der Waals surface area contributed by atoms with Crippen molar-refractivity contribution in [3.05, 3.63) is 71.8 Å². The minimum absolute atomic E-state index is 0.148. The molecule has 0 unspecified atom stereocenters. The fraction of sp³-hybridized carbons (Fsp3) is 0.217. The van der Waals surface area contributed by atoms with E-state index in [0.717, 1.165) is 42.7 Å². The van der Waals surface area contributed by atoms with Crippen molar-refractivity contribution < 1.29 is 13.9 Å². The number of nitrogens with two attached hydrogens (primary N) is 1. The smallest absolute Gasteiger partial charge is 0.269 e. The number of nitrogens with zero attached hydrogens (tertiary/aromatic N) is 2. The van der Waals surface area contributed by atoms with Gasteiger partial charge in [0.2, 0.25) is 0 Å². The van der Waals surface area contributed by atoms with Crippen molar-refractivity contribution in [2.45, 2.75) is 18.8 Å². The van der Waals surface area contributed by atoms with Crippen molar-refractivity contribution in [2.24, 2.45) is 5.73 Å². The molecule has 3 heterocycles. The number of primary amides is 1. The Labute approximate surface area is 178 Å². The van der Waals surface area contributed by atoms with Crippen LogP contribution in [0, 0.1) is 5.82 Å². The number of carbonyl (C=O) groups excluding carboxylic acids is 1. The maximum atomic E-state index is 13.8. The lowest BCUT2D eigenvalue weighted by Gasteiger charge is -2.21. The largest absolute Gasteiger partial charge is 0.454 e. The molecule has 4 aromatic rings. The lowest BCUT2D eigenvalue weighted by atomic mass is 9.92. The lowest BCUT2D eigenvalue weighted by molar-refractivity contribution is 0.0994. The molecule has 1 amide bonds. The number of hydrogen-bond acceptors (Lipinski definition) is 4. The Morgan fingerprint density at radius 2 is 1.87 bits per heavy atom. The van der Waals surface area contributed by atoms with E-state index in [1.54, 1.807) is 47.0 Å². The molecule has 2 aromatic heterocycles. The normalized spacial score (nSPS) is 14.7. The van der Waals surface area contributed by atoms with Crippen LogP contribution in [-0.2, 0) is 0 Å². The molecule has 7 nitrogen and oxygen atoms in total. The molecule has 1 aliphatic rings. The third-order valence-electron chi connectivity index (χ3n) is 5.69. The molecule has 0 saturated carbocycles. The fourth-order valence-electron chi connectivity index (χ4n) is 4.14. The zero-order chi connectivity index (χ0) is 21.4. The van der Waals surface area contributed by atoms with Gasteiger partial charge in [0, 0.05) is 17.3 Å². The number of halogens is 1. The molecule has 158 valence electrons. The minimum Gasteiger partial charge on any atom is -0.454 e. The number of benzene rings is 2. The zero-order valence-corrected chi connectivity index (χ0v) is 16.8. The van der Waals surface area contributed by atoms with E-state index in [4.69, 9.17) is 15.5 Å². The molecule has 0 bridgehead atoms. The second kappa shape index (κ2) is 7.88. The number of hydrogen-bond donors (Lipinski definition) is 3. The molecule has 0 spiro atoms. The van der Waals surface area contributed by atoms with Gasteiger partial charge >= 0.3 is 0 Å². The number of fused-ring (bicyclic) bond motifs is 1. The molecule has 31 heavy (non-hydrogen) atoms. The number of aromatic amines is 1. The highest BCUT2D eigenvalue weighted by molar-refractivity contribution is 5.98. The molecular formula is C23H22FN5O2. The van der Waals surface area contributed by atoms with E-state index < -0.39 is 11.7 Å². The van der Waals surface area contributed by atoms with Crippen molar-refractivity contribution in [1.82, 2.24) is 19.9 Å². The Bertz CT molecular complexity index is 1240. The van der Waals surface area contributed by atoms with Crippen LogP contribution in [0.5, 0.6) is 11.5 Å². The first-order chi connectivity index (χ1) is 15.1. The Kier molecular flexibility index (Phi) is 4.91. The molecule has 0 atom stereocenters. The molecule has 8 heteroatoms. The summed E-state index contributed by atoms with van der Waals surface area (Å²) in [6.45, 7) is 1.92. The summed E-state index contributed by atoms with van der Waals surface area (Å²) in [5.74, 6) is 0.0106. The quantitative estimate of drug-likeness (QED) is 0.458. The van der Waals surface area contributed by atoms with Gasteiger partial charge in [0.15, 0.2) is 22.9 Å². The number of carbonyl (C=O) groups is 1. The summed E-state index contributed by atoms with van der Waals surface area (Å²) < 4.78 is 21.1. The maximum absolute atomic E-state index is 13.8. The van der Waals surface area contributed by atoms with Gasteiger partial charge in [-0.25, -0.2) is 13.9 Å². The Morgan fingerprint density at radius 3 is 2.58 bits per heavy atom. The SMILES string of the molecule is NC(=O)c1c(-c2ccc(Oc3ccccc3F)cc2)nc2c(C3CCNCC3)c[nH]n12. The van der Waals surface area contributed by atoms with E-state index in [1.807, 2.05) is 6.20 Å². The van der Waals surface area contributed by atoms with Gasteiger partial charge in [-0.1, -0.05) is 12.1 Å². The average molecular weight is 419 g/mol. The number of amides is 1. The topological polar surface area (TPSA) is 97.4 Å². The van der Waals surface area contributed by atoms with E-state index in [-0.39, 0.29) is 5.75 Å². The van der Waals surface area contributed by atoms with Gasteiger partial charge in [-0.05, 0) is 68.2 Å². The molecule has 5 rings (SSSR count). The summed E-state index contributed by atoms with van der Waals surface area (Å²) in [5, 5.41) is 6.51. The molecule has 0 aliphatic carbocycles. The van der Waals surface area contributed by atoms with Crippen molar-refractivity contribution >= 4 is 11.6 Å². The van der Waals surface area contributed by atoms with Gasteiger partial charge in [0.25, 0.3) is 5.91 Å². The summed E-state index contributed by atoms with van der Waals surface area (Å²) in [6, 6.07) is 13.2. The summed E-state index contributed by atoms with van der Waals surface area (Å²) in [5.41, 5.74) is 9.05. The molecule has 4 N–H and O–H groups in total. The van der Waals surface area contributed by atoms with Gasteiger partial charge in [0.05, 0.1) is 0 Å². The number of rotatable bonds is 5. The zero-order valence-electron chi connectivity index (χ0n) is 16.8. The predicted molar refractivity (Wildman–Crippen MR) is 115 cm³/mol. The first-order valence-electron chi connectivity index (χ1n) is 10.2. The standard InChI is InChI=1S/C23H22FN5O2/c24-18-3-1-2-4-19(18)31-16-7-5-15(6-8-16)20-21(22(25)30)29-23(28-20)17(13-27-29)14-9-11-26-12-10-14/h1-8,13-14,26-27H,9-12H2,(H2,25,30). The molecule has 1 aliphatic heterocycles. The summed E-state index contributed by atoms with van der Waals surface area (Å²) >= 11 is 0. The monoisotopic (exact) mass is 419 g/mol. The van der Waals surface area contributed by atoms with Gasteiger partial charge in [-0.15, -0.1) is 0 Å². The first-order valence-corrected chi connectivity index (χ1v) is 10.2. The van der Waals surface area contributed by atoms with Crippen LogP contribution in [0.1, 0.15) is 34.8 Å². The van der Waals surface area contributed by atoms with Crippen molar-refractivity contribution in [2.75, 3.05) is 13.1 Å². The molecule has 2 aromatic carbocycles. The van der Waals surface area contributed by atoms with E-state index >= 15 is 0 Å². The summed E-state index contributed by atoms with van der Waals surface area (Å²) in [7, 11) is 0. The molecule has 1 saturated heterocycles. The number of nitrogens with one attached hydrogen (secondary N) is 2. The van der Waals surface area contributed by atoms with Crippen molar-refractivity contribution in [3.8, 4) is 22.8 Å². The predicted octanol–water partition coefficient (Wildman–Crippen LogP) is 3.83. The van der Waals surface area contributed by atoms with Gasteiger partial charge in [0.1, 0.15) is 11.4 Å².